The largest absolute Gasteiger partial charge is 0.393 e. The molecule has 2 atom stereocenters. The molecule has 0 aromatic carbocycles. The number of nitrogens with zero attached hydrogens (tertiary/aromatic N) is 1. The van der Waals surface area contributed by atoms with Crippen molar-refractivity contribution < 1.29 is 9.90 Å². The van der Waals surface area contributed by atoms with Crippen molar-refractivity contribution in [3.05, 3.63) is 0 Å². The number of amides is 1. The van der Waals surface area contributed by atoms with Gasteiger partial charge in [-0.05, 0) is 44.6 Å². The Balaban J connectivity index is 1.61. The Bertz CT molecular complexity index is 292. The van der Waals surface area contributed by atoms with Gasteiger partial charge < -0.3 is 10.4 Å². The summed E-state index contributed by atoms with van der Waals surface area (Å²) >= 11 is 0. The highest BCUT2D eigenvalue weighted by molar-refractivity contribution is 5.77. The average molecular weight is 268 g/mol. The van der Waals surface area contributed by atoms with E-state index in [1.165, 1.54) is 25.7 Å². The number of hydrogen-bond donors (Lipinski definition) is 2. The number of aliphatic hydroxyl groups is 1. The lowest BCUT2D eigenvalue weighted by atomic mass is 9.85. The van der Waals surface area contributed by atoms with Crippen LogP contribution in [0.4, 0.5) is 0 Å². The van der Waals surface area contributed by atoms with E-state index in [2.05, 4.69) is 10.2 Å². The fourth-order valence-corrected chi connectivity index (χ4v) is 3.12. The summed E-state index contributed by atoms with van der Waals surface area (Å²) < 4.78 is 0. The molecule has 2 aliphatic rings. The number of nitrogens with one attached hydrogen (secondary N) is 1. The molecule has 2 fully saturated rings. The lowest BCUT2D eigenvalue weighted by Gasteiger charge is -2.31. The normalized spacial score (nSPS) is 28.2. The van der Waals surface area contributed by atoms with Crippen LogP contribution in [-0.4, -0.2) is 48.7 Å². The van der Waals surface area contributed by atoms with Gasteiger partial charge in [0.2, 0.25) is 5.91 Å². The molecule has 0 aliphatic heterocycles. The molecule has 0 aromatic rings. The SMILES string of the molecule is CN(CC(=O)NCC1CCC1)CC1CCCCC1O. The molecule has 1 amide bonds. The summed E-state index contributed by atoms with van der Waals surface area (Å²) in [7, 11) is 1.98. The molecule has 0 saturated heterocycles. The van der Waals surface area contributed by atoms with Gasteiger partial charge in [0.1, 0.15) is 0 Å². The maximum atomic E-state index is 11.8. The van der Waals surface area contributed by atoms with Gasteiger partial charge in [0.25, 0.3) is 0 Å². The van der Waals surface area contributed by atoms with E-state index < -0.39 is 0 Å². The first-order valence-electron chi connectivity index (χ1n) is 7.78. The van der Waals surface area contributed by atoms with E-state index >= 15 is 0 Å². The molecule has 0 bridgehead atoms. The molecule has 2 aliphatic carbocycles. The molecule has 2 rings (SSSR count). The molecule has 0 aromatic heterocycles. The van der Waals surface area contributed by atoms with Crippen molar-refractivity contribution in [3.8, 4) is 0 Å². The van der Waals surface area contributed by atoms with Crippen LogP contribution in [0.1, 0.15) is 44.9 Å². The fraction of sp³-hybridized carbons (Fsp3) is 0.933. The lowest BCUT2D eigenvalue weighted by Crippen LogP contribution is -2.42. The third-order valence-electron chi connectivity index (χ3n) is 4.64. The summed E-state index contributed by atoms with van der Waals surface area (Å²) in [6.45, 7) is 2.13. The van der Waals surface area contributed by atoms with E-state index in [1.54, 1.807) is 0 Å². The Labute approximate surface area is 116 Å². The Kier molecular flexibility index (Phi) is 5.64. The second-order valence-electron chi connectivity index (χ2n) is 6.41. The lowest BCUT2D eigenvalue weighted by molar-refractivity contribution is -0.122. The highest BCUT2D eigenvalue weighted by atomic mass is 16.3. The molecule has 110 valence electrons. The second-order valence-corrected chi connectivity index (χ2v) is 6.41. The predicted octanol–water partition coefficient (Wildman–Crippen LogP) is 1.39. The van der Waals surface area contributed by atoms with E-state index in [4.69, 9.17) is 0 Å². The van der Waals surface area contributed by atoms with Crippen LogP contribution < -0.4 is 5.32 Å². The van der Waals surface area contributed by atoms with E-state index in [0.717, 1.165) is 38.3 Å². The first-order chi connectivity index (χ1) is 9.15. The van der Waals surface area contributed by atoms with Crippen LogP contribution in [-0.2, 0) is 4.79 Å². The Morgan fingerprint density at radius 1 is 1.21 bits per heavy atom. The van der Waals surface area contributed by atoms with Crippen molar-refractivity contribution in [3.63, 3.8) is 0 Å². The van der Waals surface area contributed by atoms with Crippen LogP contribution in [0.25, 0.3) is 0 Å². The fourth-order valence-electron chi connectivity index (χ4n) is 3.12. The van der Waals surface area contributed by atoms with E-state index in [-0.39, 0.29) is 12.0 Å². The van der Waals surface area contributed by atoms with Gasteiger partial charge in [0, 0.05) is 13.1 Å². The molecule has 0 radical (unpaired) electrons. The van der Waals surface area contributed by atoms with Crippen molar-refractivity contribution in [2.24, 2.45) is 11.8 Å². The molecule has 2 unspecified atom stereocenters. The minimum Gasteiger partial charge on any atom is -0.393 e. The van der Waals surface area contributed by atoms with Gasteiger partial charge in [0.15, 0.2) is 0 Å². The molecule has 2 N–H and O–H groups in total. The summed E-state index contributed by atoms with van der Waals surface area (Å²) in [4.78, 5) is 13.9. The van der Waals surface area contributed by atoms with Gasteiger partial charge >= 0.3 is 0 Å². The minimum absolute atomic E-state index is 0.125. The number of carbonyl (C=O) groups excluding carboxylic acids is 1. The van der Waals surface area contributed by atoms with Crippen molar-refractivity contribution in [2.45, 2.75) is 51.0 Å². The van der Waals surface area contributed by atoms with Crippen LogP contribution in [0.3, 0.4) is 0 Å². The molecule has 19 heavy (non-hydrogen) atoms. The molecule has 0 heterocycles. The summed E-state index contributed by atoms with van der Waals surface area (Å²) in [5.74, 6) is 1.19. The smallest absolute Gasteiger partial charge is 0.234 e. The topological polar surface area (TPSA) is 52.6 Å². The van der Waals surface area contributed by atoms with Crippen molar-refractivity contribution >= 4 is 5.91 Å². The Morgan fingerprint density at radius 2 is 1.95 bits per heavy atom. The third-order valence-corrected chi connectivity index (χ3v) is 4.64. The highest BCUT2D eigenvalue weighted by Gasteiger charge is 2.24. The van der Waals surface area contributed by atoms with Crippen molar-refractivity contribution in [1.82, 2.24) is 10.2 Å². The first-order valence-corrected chi connectivity index (χ1v) is 7.78. The number of rotatable bonds is 6. The minimum atomic E-state index is -0.172. The monoisotopic (exact) mass is 268 g/mol. The number of likely N-dealkylation sites (N-methyl/N-ethyl adjacent to an activating group) is 1. The van der Waals surface area contributed by atoms with E-state index in [9.17, 15) is 9.90 Å². The summed E-state index contributed by atoms with van der Waals surface area (Å²) in [6, 6.07) is 0. The van der Waals surface area contributed by atoms with Crippen LogP contribution >= 0.6 is 0 Å². The Hall–Kier alpha value is -0.610. The van der Waals surface area contributed by atoms with Crippen LogP contribution in [0.15, 0.2) is 0 Å². The summed E-state index contributed by atoms with van der Waals surface area (Å²) in [5, 5.41) is 13.0. The van der Waals surface area contributed by atoms with Crippen molar-refractivity contribution in [2.75, 3.05) is 26.7 Å². The molecular weight excluding hydrogens is 240 g/mol. The quantitative estimate of drug-likeness (QED) is 0.765. The van der Waals surface area contributed by atoms with Gasteiger partial charge in [-0.2, -0.15) is 0 Å². The standard InChI is InChI=1S/C15H28N2O2/c1-17(10-13-7-2-3-8-14(13)18)11-15(19)16-9-12-5-4-6-12/h12-14,18H,2-11H2,1H3,(H,16,19). The average Bonchev–Trinajstić information content (AvgIpc) is 2.30. The van der Waals surface area contributed by atoms with E-state index in [0.29, 0.717) is 12.5 Å². The molecule has 4 heteroatoms. The first kappa shape index (κ1) is 14.8. The van der Waals surface area contributed by atoms with Gasteiger partial charge in [-0.15, -0.1) is 0 Å². The highest BCUT2D eigenvalue weighted by Crippen LogP contribution is 2.25. The van der Waals surface area contributed by atoms with E-state index in [1.807, 2.05) is 7.05 Å². The molecular formula is C15H28N2O2. The van der Waals surface area contributed by atoms with Crippen LogP contribution in [0, 0.1) is 11.8 Å². The van der Waals surface area contributed by atoms with Crippen molar-refractivity contribution in [1.29, 1.82) is 0 Å². The zero-order valence-electron chi connectivity index (χ0n) is 12.1. The molecule has 4 nitrogen and oxygen atoms in total. The van der Waals surface area contributed by atoms with Gasteiger partial charge in [-0.25, -0.2) is 0 Å². The third kappa shape index (κ3) is 4.77. The number of aliphatic hydroxyl groups excluding tert-OH is 1. The summed E-state index contributed by atoms with van der Waals surface area (Å²) in [5.41, 5.74) is 0. The number of carbonyl (C=O) groups is 1. The number of hydrogen-bond acceptors (Lipinski definition) is 3. The van der Waals surface area contributed by atoms with Crippen LogP contribution in [0.2, 0.25) is 0 Å². The van der Waals surface area contributed by atoms with Gasteiger partial charge in [-0.1, -0.05) is 19.3 Å². The maximum Gasteiger partial charge on any atom is 0.234 e. The summed E-state index contributed by atoms with van der Waals surface area (Å²) in [6.07, 6.45) is 8.05. The predicted molar refractivity (Wildman–Crippen MR) is 75.8 cm³/mol. The zero-order valence-corrected chi connectivity index (χ0v) is 12.1. The van der Waals surface area contributed by atoms with Gasteiger partial charge in [0.05, 0.1) is 12.6 Å². The zero-order chi connectivity index (χ0) is 13.7. The molecule has 2 saturated carbocycles. The van der Waals surface area contributed by atoms with Gasteiger partial charge in [-0.3, -0.25) is 9.69 Å². The Morgan fingerprint density at radius 3 is 2.58 bits per heavy atom. The molecule has 0 spiro atoms. The second kappa shape index (κ2) is 7.25. The maximum absolute atomic E-state index is 11.8. The van der Waals surface area contributed by atoms with Crippen LogP contribution in [0.5, 0.6) is 0 Å².